The fraction of sp³-hybridized carbons (Fsp3) is 0.304. The molecule has 0 aliphatic rings. The number of carbonyl (C=O) groups excluding carboxylic acids is 1. The van der Waals surface area contributed by atoms with E-state index in [1.807, 2.05) is 25.1 Å². The number of rotatable bonds is 8. The van der Waals surface area contributed by atoms with Crippen LogP contribution >= 0.6 is 0 Å². The molecule has 0 fully saturated rings. The van der Waals surface area contributed by atoms with Crippen molar-refractivity contribution in [1.82, 2.24) is 10.6 Å². The van der Waals surface area contributed by atoms with Crippen LogP contribution in [-0.2, 0) is 11.2 Å². The van der Waals surface area contributed by atoms with E-state index in [1.54, 1.807) is 25.3 Å². The third-order valence-corrected chi connectivity index (χ3v) is 4.16. The molecule has 0 heterocycles. The summed E-state index contributed by atoms with van der Waals surface area (Å²) in [6.45, 7) is 5.40. The molecule has 0 aliphatic heterocycles. The molecule has 2 aromatic carbocycles. The van der Waals surface area contributed by atoms with Crippen molar-refractivity contribution in [1.29, 1.82) is 0 Å². The Morgan fingerprint density at radius 1 is 1.21 bits per heavy atom. The molecule has 0 unspecified atom stereocenters. The highest BCUT2D eigenvalue weighted by molar-refractivity contribution is 5.94. The predicted octanol–water partition coefficient (Wildman–Crippen LogP) is 2.72. The molecule has 6 nitrogen and oxygen atoms in total. The summed E-state index contributed by atoms with van der Waals surface area (Å²) in [5.41, 5.74) is 3.69. The standard InChI is InChI=1S/C23H28N4O2/c1-5-18-8-7-9-20(15-18)27-22(28)16-26-23(24-6-2)25-13-12-19-14-17(3)10-11-21(19)29-4/h1,7-11,14-15H,6,12-13,16H2,2-4H3,(H,27,28)(H2,24,25,26). The van der Waals surface area contributed by atoms with Crippen molar-refractivity contribution in [3.63, 3.8) is 0 Å². The van der Waals surface area contributed by atoms with Gasteiger partial charge in [-0.05, 0) is 50.1 Å². The zero-order valence-corrected chi connectivity index (χ0v) is 17.2. The van der Waals surface area contributed by atoms with Crippen molar-refractivity contribution in [2.24, 2.45) is 4.99 Å². The molecule has 6 heteroatoms. The Labute approximate surface area is 172 Å². The summed E-state index contributed by atoms with van der Waals surface area (Å²) >= 11 is 0. The molecular weight excluding hydrogens is 364 g/mol. The number of benzene rings is 2. The van der Waals surface area contributed by atoms with Crippen LogP contribution in [0, 0.1) is 19.3 Å². The smallest absolute Gasteiger partial charge is 0.246 e. The van der Waals surface area contributed by atoms with Gasteiger partial charge in [0.05, 0.1) is 7.11 Å². The van der Waals surface area contributed by atoms with Gasteiger partial charge in [-0.3, -0.25) is 4.79 Å². The summed E-state index contributed by atoms with van der Waals surface area (Å²) in [5, 5.41) is 9.21. The van der Waals surface area contributed by atoms with Gasteiger partial charge in [0.1, 0.15) is 12.3 Å². The number of carbonyl (C=O) groups is 1. The summed E-state index contributed by atoms with van der Waals surface area (Å²) in [5.74, 6) is 3.79. The number of hydrogen-bond acceptors (Lipinski definition) is 3. The quantitative estimate of drug-likeness (QED) is 0.367. The third kappa shape index (κ3) is 7.23. The first-order valence-electron chi connectivity index (χ1n) is 9.58. The molecule has 0 saturated heterocycles. The van der Waals surface area contributed by atoms with E-state index in [-0.39, 0.29) is 12.5 Å². The van der Waals surface area contributed by atoms with Gasteiger partial charge in [0, 0.05) is 24.3 Å². The number of aryl methyl sites for hydroxylation is 1. The third-order valence-electron chi connectivity index (χ3n) is 4.16. The summed E-state index contributed by atoms with van der Waals surface area (Å²) in [6, 6.07) is 13.3. The second kappa shape index (κ2) is 11.4. The Morgan fingerprint density at radius 2 is 2.03 bits per heavy atom. The first-order valence-corrected chi connectivity index (χ1v) is 9.58. The average Bonchev–Trinajstić information content (AvgIpc) is 2.72. The first kappa shape index (κ1) is 21.8. The number of anilines is 1. The molecule has 0 aromatic heterocycles. The minimum Gasteiger partial charge on any atom is -0.496 e. The van der Waals surface area contributed by atoms with E-state index >= 15 is 0 Å². The molecule has 0 bridgehead atoms. The fourth-order valence-electron chi connectivity index (χ4n) is 2.80. The van der Waals surface area contributed by atoms with Gasteiger partial charge in [0.25, 0.3) is 0 Å². The van der Waals surface area contributed by atoms with E-state index in [1.165, 1.54) is 5.56 Å². The number of ether oxygens (including phenoxy) is 1. The lowest BCUT2D eigenvalue weighted by atomic mass is 10.1. The second-order valence-corrected chi connectivity index (χ2v) is 6.46. The summed E-state index contributed by atoms with van der Waals surface area (Å²) in [4.78, 5) is 16.5. The maximum atomic E-state index is 12.2. The van der Waals surface area contributed by atoms with E-state index in [0.29, 0.717) is 30.3 Å². The molecule has 3 N–H and O–H groups in total. The Balaban J connectivity index is 1.91. The molecule has 0 radical (unpaired) electrons. The molecule has 2 rings (SSSR count). The molecule has 152 valence electrons. The van der Waals surface area contributed by atoms with Crippen LogP contribution in [0.4, 0.5) is 5.69 Å². The van der Waals surface area contributed by atoms with Gasteiger partial charge < -0.3 is 20.7 Å². The first-order chi connectivity index (χ1) is 14.0. The molecule has 2 aromatic rings. The lowest BCUT2D eigenvalue weighted by molar-refractivity contribution is -0.114. The van der Waals surface area contributed by atoms with Crippen molar-refractivity contribution in [3.05, 3.63) is 59.2 Å². The molecule has 0 spiro atoms. The minimum atomic E-state index is -0.211. The van der Waals surface area contributed by atoms with Crippen molar-refractivity contribution in [2.75, 3.05) is 32.1 Å². The fourth-order valence-corrected chi connectivity index (χ4v) is 2.80. The van der Waals surface area contributed by atoms with Crippen LogP contribution in [0.3, 0.4) is 0 Å². The van der Waals surface area contributed by atoms with Crippen LogP contribution in [0.5, 0.6) is 5.75 Å². The number of guanidine groups is 1. The van der Waals surface area contributed by atoms with E-state index < -0.39 is 0 Å². The van der Waals surface area contributed by atoms with E-state index in [2.05, 4.69) is 39.9 Å². The van der Waals surface area contributed by atoms with Crippen LogP contribution in [0.2, 0.25) is 0 Å². The van der Waals surface area contributed by atoms with Crippen molar-refractivity contribution in [2.45, 2.75) is 20.3 Å². The number of aliphatic imine (C=N–C) groups is 1. The summed E-state index contributed by atoms with van der Waals surface area (Å²) in [6.07, 6.45) is 6.17. The lowest BCUT2D eigenvalue weighted by Crippen LogP contribution is -2.39. The number of hydrogen-bond donors (Lipinski definition) is 3. The average molecular weight is 393 g/mol. The van der Waals surface area contributed by atoms with Gasteiger partial charge in [-0.15, -0.1) is 6.42 Å². The van der Waals surface area contributed by atoms with Crippen LogP contribution in [0.1, 0.15) is 23.6 Å². The molecule has 29 heavy (non-hydrogen) atoms. The number of amides is 1. The number of nitrogens with one attached hydrogen (secondary N) is 3. The molecule has 0 atom stereocenters. The minimum absolute atomic E-state index is 0.00335. The van der Waals surface area contributed by atoms with E-state index in [9.17, 15) is 4.79 Å². The molecule has 0 aliphatic carbocycles. The highest BCUT2D eigenvalue weighted by atomic mass is 16.5. The van der Waals surface area contributed by atoms with Gasteiger partial charge in [-0.25, -0.2) is 4.99 Å². The maximum absolute atomic E-state index is 12.2. The Kier molecular flexibility index (Phi) is 8.58. The summed E-state index contributed by atoms with van der Waals surface area (Å²) in [7, 11) is 1.67. The highest BCUT2D eigenvalue weighted by Crippen LogP contribution is 2.19. The number of terminal acetylenes is 1. The van der Waals surface area contributed by atoms with Crippen molar-refractivity contribution in [3.8, 4) is 18.1 Å². The van der Waals surface area contributed by atoms with Gasteiger partial charge in [0.15, 0.2) is 5.96 Å². The zero-order valence-electron chi connectivity index (χ0n) is 17.2. The van der Waals surface area contributed by atoms with E-state index in [4.69, 9.17) is 11.2 Å². The Bertz CT molecular complexity index is 900. The normalized spacial score (nSPS) is 10.8. The van der Waals surface area contributed by atoms with Gasteiger partial charge in [0.2, 0.25) is 5.91 Å². The van der Waals surface area contributed by atoms with Gasteiger partial charge in [-0.2, -0.15) is 0 Å². The Hall–Kier alpha value is -3.46. The summed E-state index contributed by atoms with van der Waals surface area (Å²) < 4.78 is 5.42. The monoisotopic (exact) mass is 392 g/mol. The molecule has 1 amide bonds. The van der Waals surface area contributed by atoms with E-state index in [0.717, 1.165) is 17.7 Å². The van der Waals surface area contributed by atoms with Crippen LogP contribution < -0.4 is 20.7 Å². The van der Waals surface area contributed by atoms with Crippen LogP contribution in [0.25, 0.3) is 0 Å². The van der Waals surface area contributed by atoms with Gasteiger partial charge in [-0.1, -0.05) is 29.7 Å². The van der Waals surface area contributed by atoms with Crippen molar-refractivity contribution >= 4 is 17.6 Å². The molecule has 0 saturated carbocycles. The highest BCUT2D eigenvalue weighted by Gasteiger charge is 2.06. The largest absolute Gasteiger partial charge is 0.496 e. The Morgan fingerprint density at radius 3 is 2.76 bits per heavy atom. The number of methoxy groups -OCH3 is 1. The zero-order chi connectivity index (χ0) is 21.1. The van der Waals surface area contributed by atoms with Crippen LogP contribution in [-0.4, -0.2) is 38.6 Å². The predicted molar refractivity (Wildman–Crippen MR) is 118 cm³/mol. The topological polar surface area (TPSA) is 74.8 Å². The maximum Gasteiger partial charge on any atom is 0.246 e. The van der Waals surface area contributed by atoms with Crippen molar-refractivity contribution < 1.29 is 9.53 Å². The SMILES string of the molecule is C#Cc1cccc(NC(=O)CN=C(NCC)NCCc2cc(C)ccc2OC)c1. The lowest BCUT2D eigenvalue weighted by Gasteiger charge is -2.13. The second-order valence-electron chi connectivity index (χ2n) is 6.46. The van der Waals surface area contributed by atoms with Gasteiger partial charge >= 0.3 is 0 Å². The number of nitrogens with zero attached hydrogens (tertiary/aromatic N) is 1. The molecular formula is C23H28N4O2. The van der Waals surface area contributed by atoms with Crippen LogP contribution in [0.15, 0.2) is 47.5 Å².